The normalized spacial score (nSPS) is 11.0. The predicted octanol–water partition coefficient (Wildman–Crippen LogP) is 3.47. The van der Waals surface area contributed by atoms with E-state index in [1.54, 1.807) is 24.5 Å². The molecule has 1 amide bonds. The maximum atomic E-state index is 12.1. The number of carbonyl (C=O) groups is 1. The Balaban J connectivity index is 1.61. The Labute approximate surface area is 137 Å². The first-order valence-corrected chi connectivity index (χ1v) is 7.95. The van der Waals surface area contributed by atoms with Gasteiger partial charge in [0.25, 0.3) is 0 Å². The molecule has 3 aromatic rings. The molecular weight excluding hydrogens is 310 g/mol. The number of hydrogen-bond acceptors (Lipinski definition) is 5. The summed E-state index contributed by atoms with van der Waals surface area (Å²) in [7, 11) is 1.70. The van der Waals surface area contributed by atoms with Crippen molar-refractivity contribution in [1.82, 2.24) is 15.0 Å². The Kier molecular flexibility index (Phi) is 4.63. The van der Waals surface area contributed by atoms with Crippen LogP contribution in [0.1, 0.15) is 11.5 Å². The standard InChI is InChI=1S/C17H15N3O2S/c1-20(16(21)10-9-13-6-3-2-4-7-13)12-15-18-17(19-22-15)14-8-5-11-23-14/h2-11H,12H2,1H3. The fourth-order valence-corrected chi connectivity index (χ4v) is 2.61. The molecule has 0 spiro atoms. The van der Waals surface area contributed by atoms with Crippen LogP contribution in [0.3, 0.4) is 0 Å². The number of thiophene rings is 1. The van der Waals surface area contributed by atoms with Gasteiger partial charge in [-0.05, 0) is 23.1 Å². The van der Waals surface area contributed by atoms with E-state index in [0.717, 1.165) is 10.4 Å². The molecule has 0 N–H and O–H groups in total. The van der Waals surface area contributed by atoms with Gasteiger partial charge in [-0.1, -0.05) is 41.6 Å². The molecule has 5 nitrogen and oxygen atoms in total. The molecule has 116 valence electrons. The highest BCUT2D eigenvalue weighted by Crippen LogP contribution is 2.21. The number of amides is 1. The van der Waals surface area contributed by atoms with E-state index in [1.165, 1.54) is 11.0 Å². The number of benzene rings is 1. The van der Waals surface area contributed by atoms with Crippen molar-refractivity contribution in [2.24, 2.45) is 0 Å². The second kappa shape index (κ2) is 7.02. The third-order valence-corrected chi connectivity index (χ3v) is 4.04. The monoisotopic (exact) mass is 325 g/mol. The summed E-state index contributed by atoms with van der Waals surface area (Å²) in [5.74, 6) is 0.845. The molecule has 0 atom stereocenters. The number of nitrogens with zero attached hydrogens (tertiary/aromatic N) is 3. The van der Waals surface area contributed by atoms with E-state index in [0.29, 0.717) is 11.7 Å². The van der Waals surface area contributed by atoms with Crippen LogP contribution in [0.2, 0.25) is 0 Å². The van der Waals surface area contributed by atoms with Gasteiger partial charge in [0.05, 0.1) is 11.4 Å². The second-order valence-electron chi connectivity index (χ2n) is 4.93. The molecule has 0 saturated heterocycles. The van der Waals surface area contributed by atoms with Gasteiger partial charge in [0.2, 0.25) is 17.6 Å². The minimum Gasteiger partial charge on any atom is -0.337 e. The minimum atomic E-state index is -0.121. The van der Waals surface area contributed by atoms with Crippen LogP contribution in [0, 0.1) is 0 Å². The molecule has 1 aromatic carbocycles. The molecule has 6 heteroatoms. The summed E-state index contributed by atoms with van der Waals surface area (Å²) < 4.78 is 5.20. The van der Waals surface area contributed by atoms with Crippen molar-refractivity contribution in [3.05, 3.63) is 65.4 Å². The molecule has 0 saturated carbocycles. The molecule has 3 rings (SSSR count). The lowest BCUT2D eigenvalue weighted by Crippen LogP contribution is -2.24. The highest BCUT2D eigenvalue weighted by molar-refractivity contribution is 7.13. The van der Waals surface area contributed by atoms with Gasteiger partial charge in [-0.15, -0.1) is 11.3 Å². The first-order valence-electron chi connectivity index (χ1n) is 7.07. The zero-order valence-corrected chi connectivity index (χ0v) is 13.4. The molecule has 2 heterocycles. The topological polar surface area (TPSA) is 59.2 Å². The largest absolute Gasteiger partial charge is 0.337 e. The lowest BCUT2D eigenvalue weighted by molar-refractivity contribution is -0.125. The number of rotatable bonds is 5. The molecule has 0 bridgehead atoms. The van der Waals surface area contributed by atoms with Crippen molar-refractivity contribution < 1.29 is 9.32 Å². The molecule has 0 aliphatic carbocycles. The first kappa shape index (κ1) is 15.2. The fourth-order valence-electron chi connectivity index (χ4n) is 1.96. The smallest absolute Gasteiger partial charge is 0.246 e. The third kappa shape index (κ3) is 3.92. The van der Waals surface area contributed by atoms with E-state index in [9.17, 15) is 4.79 Å². The van der Waals surface area contributed by atoms with E-state index in [-0.39, 0.29) is 12.5 Å². The number of likely N-dealkylation sites (N-methyl/N-ethyl adjacent to an activating group) is 1. The zero-order chi connectivity index (χ0) is 16.1. The van der Waals surface area contributed by atoms with Crippen molar-refractivity contribution in [2.75, 3.05) is 7.05 Å². The quantitative estimate of drug-likeness (QED) is 0.674. The van der Waals surface area contributed by atoms with Gasteiger partial charge in [0.1, 0.15) is 0 Å². The SMILES string of the molecule is CN(Cc1nc(-c2cccs2)no1)C(=O)C=Cc1ccccc1. The maximum absolute atomic E-state index is 12.1. The van der Waals surface area contributed by atoms with Crippen molar-refractivity contribution in [3.63, 3.8) is 0 Å². The van der Waals surface area contributed by atoms with E-state index in [2.05, 4.69) is 10.1 Å². The van der Waals surface area contributed by atoms with E-state index in [1.807, 2.05) is 47.8 Å². The summed E-state index contributed by atoms with van der Waals surface area (Å²) >= 11 is 1.54. The van der Waals surface area contributed by atoms with Crippen LogP contribution in [0.25, 0.3) is 16.8 Å². The van der Waals surface area contributed by atoms with Gasteiger partial charge < -0.3 is 9.42 Å². The Morgan fingerprint density at radius 1 is 1.26 bits per heavy atom. The number of carbonyl (C=O) groups excluding carboxylic acids is 1. The fraction of sp³-hybridized carbons (Fsp3) is 0.118. The van der Waals surface area contributed by atoms with Crippen LogP contribution in [0.5, 0.6) is 0 Å². The van der Waals surface area contributed by atoms with E-state index in [4.69, 9.17) is 4.52 Å². The first-order chi connectivity index (χ1) is 11.2. The van der Waals surface area contributed by atoms with Gasteiger partial charge in [-0.25, -0.2) is 0 Å². The summed E-state index contributed by atoms with van der Waals surface area (Å²) in [6.07, 6.45) is 3.32. The zero-order valence-electron chi connectivity index (χ0n) is 12.5. The molecule has 0 unspecified atom stereocenters. The average molecular weight is 325 g/mol. The lowest BCUT2D eigenvalue weighted by Gasteiger charge is -2.11. The predicted molar refractivity (Wildman–Crippen MR) is 89.6 cm³/mol. The third-order valence-electron chi connectivity index (χ3n) is 3.18. The van der Waals surface area contributed by atoms with Crippen molar-refractivity contribution in [1.29, 1.82) is 0 Å². The number of hydrogen-bond donors (Lipinski definition) is 0. The van der Waals surface area contributed by atoms with Crippen molar-refractivity contribution in [3.8, 4) is 10.7 Å². The van der Waals surface area contributed by atoms with Gasteiger partial charge in [0.15, 0.2) is 0 Å². The van der Waals surface area contributed by atoms with Crippen LogP contribution in [0.4, 0.5) is 0 Å². The Bertz CT molecular complexity index is 794. The van der Waals surface area contributed by atoms with Crippen molar-refractivity contribution in [2.45, 2.75) is 6.54 Å². The van der Waals surface area contributed by atoms with Gasteiger partial charge in [-0.2, -0.15) is 4.98 Å². The summed E-state index contributed by atoms with van der Waals surface area (Å²) in [5.41, 5.74) is 0.979. The average Bonchev–Trinajstić information content (AvgIpc) is 3.24. The summed E-state index contributed by atoms with van der Waals surface area (Å²) in [6.45, 7) is 0.274. The van der Waals surface area contributed by atoms with Gasteiger partial charge >= 0.3 is 0 Å². The molecule has 0 radical (unpaired) electrons. The van der Waals surface area contributed by atoms with Gasteiger partial charge in [0, 0.05) is 13.1 Å². The second-order valence-corrected chi connectivity index (χ2v) is 5.88. The molecular formula is C17H15N3O2S. The maximum Gasteiger partial charge on any atom is 0.246 e. The Morgan fingerprint density at radius 3 is 2.83 bits per heavy atom. The molecule has 0 aliphatic heterocycles. The minimum absolute atomic E-state index is 0.121. The van der Waals surface area contributed by atoms with E-state index >= 15 is 0 Å². The van der Waals surface area contributed by atoms with Crippen LogP contribution in [0.15, 0.2) is 58.4 Å². The van der Waals surface area contributed by atoms with E-state index < -0.39 is 0 Å². The summed E-state index contributed by atoms with van der Waals surface area (Å²) in [4.78, 5) is 18.9. The van der Waals surface area contributed by atoms with Crippen LogP contribution in [-0.2, 0) is 11.3 Å². The van der Waals surface area contributed by atoms with Crippen molar-refractivity contribution >= 4 is 23.3 Å². The molecule has 2 aromatic heterocycles. The van der Waals surface area contributed by atoms with Crippen LogP contribution >= 0.6 is 11.3 Å². The lowest BCUT2D eigenvalue weighted by atomic mass is 10.2. The number of aromatic nitrogens is 2. The summed E-state index contributed by atoms with van der Waals surface area (Å²) in [6, 6.07) is 13.5. The highest BCUT2D eigenvalue weighted by Gasteiger charge is 2.13. The molecule has 23 heavy (non-hydrogen) atoms. The van der Waals surface area contributed by atoms with Crippen LogP contribution in [-0.4, -0.2) is 28.0 Å². The highest BCUT2D eigenvalue weighted by atomic mass is 32.1. The molecule has 0 aliphatic rings. The Hall–Kier alpha value is -2.73. The summed E-state index contributed by atoms with van der Waals surface area (Å²) in [5, 5.41) is 5.89. The van der Waals surface area contributed by atoms with Gasteiger partial charge in [-0.3, -0.25) is 4.79 Å². The Morgan fingerprint density at radius 2 is 2.09 bits per heavy atom. The molecule has 0 fully saturated rings. The van der Waals surface area contributed by atoms with Crippen LogP contribution < -0.4 is 0 Å².